The van der Waals surface area contributed by atoms with Crippen LogP contribution in [0.4, 0.5) is 5.69 Å². The maximum absolute atomic E-state index is 5.66. The fraction of sp³-hybridized carbons (Fsp3) is 0.571. The Morgan fingerprint density at radius 3 is 2.94 bits per heavy atom. The fourth-order valence-corrected chi connectivity index (χ4v) is 2.39. The lowest BCUT2D eigenvalue weighted by atomic mass is 10.2. The first-order valence-electron chi connectivity index (χ1n) is 6.47. The van der Waals surface area contributed by atoms with Crippen molar-refractivity contribution < 1.29 is 4.74 Å². The number of benzene rings is 1. The van der Waals surface area contributed by atoms with Gasteiger partial charge in [-0.2, -0.15) is 0 Å². The van der Waals surface area contributed by atoms with Crippen molar-refractivity contribution in [1.82, 2.24) is 5.32 Å². The summed E-state index contributed by atoms with van der Waals surface area (Å²) in [4.78, 5) is 2.29. The first-order chi connectivity index (χ1) is 8.31. The molecule has 1 aliphatic rings. The van der Waals surface area contributed by atoms with Gasteiger partial charge in [0.1, 0.15) is 5.75 Å². The van der Waals surface area contributed by atoms with E-state index in [2.05, 4.69) is 29.4 Å². The number of para-hydroxylation sites is 2. The molecule has 0 saturated carbocycles. The Labute approximate surface area is 104 Å². The molecule has 1 heterocycles. The predicted octanol–water partition coefficient (Wildman–Crippen LogP) is 2.27. The Kier molecular flexibility index (Phi) is 4.26. The summed E-state index contributed by atoms with van der Waals surface area (Å²) in [6, 6.07) is 8.87. The van der Waals surface area contributed by atoms with Crippen LogP contribution in [0, 0.1) is 0 Å². The summed E-state index contributed by atoms with van der Waals surface area (Å²) in [6.45, 7) is 4.94. The molecule has 2 rings (SSSR count). The molecule has 17 heavy (non-hydrogen) atoms. The summed E-state index contributed by atoms with van der Waals surface area (Å²) < 4.78 is 5.66. The molecule has 0 amide bonds. The lowest BCUT2D eigenvalue weighted by Gasteiger charge is -2.25. The SMILES string of the molecule is CCOc1ccccc1N(C)CC1CCCN1. The van der Waals surface area contributed by atoms with Crippen molar-refractivity contribution in [1.29, 1.82) is 0 Å². The van der Waals surface area contributed by atoms with E-state index in [9.17, 15) is 0 Å². The molecule has 94 valence electrons. The molecule has 0 radical (unpaired) electrons. The van der Waals surface area contributed by atoms with E-state index < -0.39 is 0 Å². The predicted molar refractivity (Wildman–Crippen MR) is 71.9 cm³/mol. The second kappa shape index (κ2) is 5.92. The van der Waals surface area contributed by atoms with Gasteiger partial charge in [-0.15, -0.1) is 0 Å². The van der Waals surface area contributed by atoms with E-state index in [4.69, 9.17) is 4.74 Å². The molecular formula is C14H22N2O. The van der Waals surface area contributed by atoms with E-state index in [1.54, 1.807) is 0 Å². The van der Waals surface area contributed by atoms with Gasteiger partial charge >= 0.3 is 0 Å². The molecule has 0 bridgehead atoms. The molecule has 0 aliphatic carbocycles. The van der Waals surface area contributed by atoms with Crippen molar-refractivity contribution in [2.24, 2.45) is 0 Å². The molecule has 1 aromatic carbocycles. The number of hydrogen-bond donors (Lipinski definition) is 1. The highest BCUT2D eigenvalue weighted by Gasteiger charge is 2.17. The van der Waals surface area contributed by atoms with Crippen LogP contribution in [-0.4, -0.2) is 32.8 Å². The first-order valence-corrected chi connectivity index (χ1v) is 6.47. The zero-order valence-corrected chi connectivity index (χ0v) is 10.8. The van der Waals surface area contributed by atoms with Crippen molar-refractivity contribution in [3.8, 4) is 5.75 Å². The number of hydrogen-bond acceptors (Lipinski definition) is 3. The number of anilines is 1. The monoisotopic (exact) mass is 234 g/mol. The molecule has 1 unspecified atom stereocenters. The van der Waals surface area contributed by atoms with Gasteiger partial charge in [0, 0.05) is 19.6 Å². The van der Waals surface area contributed by atoms with Crippen molar-refractivity contribution in [3.05, 3.63) is 24.3 Å². The lowest BCUT2D eigenvalue weighted by molar-refractivity contribution is 0.340. The second-order valence-electron chi connectivity index (χ2n) is 4.57. The summed E-state index contributed by atoms with van der Waals surface area (Å²) in [7, 11) is 2.14. The molecular weight excluding hydrogens is 212 g/mol. The van der Waals surface area contributed by atoms with Crippen molar-refractivity contribution in [2.75, 3.05) is 31.6 Å². The Bertz CT molecular complexity index is 348. The van der Waals surface area contributed by atoms with Gasteiger partial charge in [-0.3, -0.25) is 0 Å². The minimum absolute atomic E-state index is 0.620. The van der Waals surface area contributed by atoms with E-state index in [0.717, 1.165) is 18.8 Å². The number of rotatable bonds is 5. The summed E-state index contributed by atoms with van der Waals surface area (Å²) >= 11 is 0. The van der Waals surface area contributed by atoms with E-state index in [1.807, 2.05) is 19.1 Å². The average Bonchev–Trinajstić information content (AvgIpc) is 2.83. The molecule has 3 heteroatoms. The standard InChI is InChI=1S/C14H22N2O/c1-3-17-14-9-5-4-8-13(14)16(2)11-12-7-6-10-15-12/h4-5,8-9,12,15H,3,6-7,10-11H2,1-2H3. The summed E-state index contributed by atoms with van der Waals surface area (Å²) in [5.74, 6) is 0.982. The van der Waals surface area contributed by atoms with Gasteiger partial charge in [0.2, 0.25) is 0 Å². The van der Waals surface area contributed by atoms with Crippen LogP contribution >= 0.6 is 0 Å². The maximum atomic E-state index is 5.66. The molecule has 3 nitrogen and oxygen atoms in total. The normalized spacial score (nSPS) is 19.3. The van der Waals surface area contributed by atoms with Gasteiger partial charge in [-0.25, -0.2) is 0 Å². The van der Waals surface area contributed by atoms with Crippen LogP contribution in [0.15, 0.2) is 24.3 Å². The summed E-state index contributed by atoms with van der Waals surface area (Å²) in [5, 5.41) is 3.53. The fourth-order valence-electron chi connectivity index (χ4n) is 2.39. The molecule has 1 aliphatic heterocycles. The number of nitrogens with zero attached hydrogens (tertiary/aromatic N) is 1. The minimum atomic E-state index is 0.620. The third-order valence-electron chi connectivity index (χ3n) is 3.23. The molecule has 1 atom stereocenters. The molecule has 0 spiro atoms. The molecule has 1 N–H and O–H groups in total. The van der Waals surface area contributed by atoms with E-state index >= 15 is 0 Å². The highest BCUT2D eigenvalue weighted by molar-refractivity contribution is 5.58. The average molecular weight is 234 g/mol. The van der Waals surface area contributed by atoms with Crippen LogP contribution in [0.1, 0.15) is 19.8 Å². The largest absolute Gasteiger partial charge is 0.492 e. The number of nitrogens with one attached hydrogen (secondary N) is 1. The second-order valence-corrected chi connectivity index (χ2v) is 4.57. The Hall–Kier alpha value is -1.22. The molecule has 0 aromatic heterocycles. The minimum Gasteiger partial charge on any atom is -0.492 e. The van der Waals surface area contributed by atoms with Gasteiger partial charge in [0.25, 0.3) is 0 Å². The maximum Gasteiger partial charge on any atom is 0.142 e. The highest BCUT2D eigenvalue weighted by Crippen LogP contribution is 2.27. The van der Waals surface area contributed by atoms with Gasteiger partial charge in [0.15, 0.2) is 0 Å². The van der Waals surface area contributed by atoms with Crippen molar-refractivity contribution >= 4 is 5.69 Å². The summed E-state index contributed by atoms with van der Waals surface area (Å²) in [6.07, 6.45) is 2.58. The Morgan fingerprint density at radius 2 is 2.24 bits per heavy atom. The molecule has 1 fully saturated rings. The third-order valence-corrected chi connectivity index (χ3v) is 3.23. The van der Waals surface area contributed by atoms with Crippen LogP contribution in [0.2, 0.25) is 0 Å². The molecule has 1 aromatic rings. The Morgan fingerprint density at radius 1 is 1.41 bits per heavy atom. The third kappa shape index (κ3) is 3.13. The van der Waals surface area contributed by atoms with E-state index in [1.165, 1.54) is 18.5 Å². The lowest BCUT2D eigenvalue weighted by Crippen LogP contribution is -2.35. The van der Waals surface area contributed by atoms with Crippen LogP contribution in [0.3, 0.4) is 0 Å². The zero-order chi connectivity index (χ0) is 12.1. The van der Waals surface area contributed by atoms with Crippen LogP contribution in [-0.2, 0) is 0 Å². The highest BCUT2D eigenvalue weighted by atomic mass is 16.5. The molecule has 1 saturated heterocycles. The zero-order valence-electron chi connectivity index (χ0n) is 10.8. The van der Waals surface area contributed by atoms with Crippen molar-refractivity contribution in [2.45, 2.75) is 25.8 Å². The quantitative estimate of drug-likeness (QED) is 0.846. The van der Waals surface area contributed by atoms with Crippen LogP contribution in [0.5, 0.6) is 5.75 Å². The Balaban J connectivity index is 2.03. The van der Waals surface area contributed by atoms with Gasteiger partial charge < -0.3 is 15.0 Å². The smallest absolute Gasteiger partial charge is 0.142 e. The number of likely N-dealkylation sites (N-methyl/N-ethyl adjacent to an activating group) is 1. The van der Waals surface area contributed by atoms with Gasteiger partial charge in [-0.05, 0) is 38.4 Å². The summed E-state index contributed by atoms with van der Waals surface area (Å²) in [5.41, 5.74) is 1.18. The van der Waals surface area contributed by atoms with Gasteiger partial charge in [-0.1, -0.05) is 12.1 Å². The van der Waals surface area contributed by atoms with E-state index in [-0.39, 0.29) is 0 Å². The van der Waals surface area contributed by atoms with E-state index in [0.29, 0.717) is 12.6 Å². The first kappa shape index (κ1) is 12.2. The van der Waals surface area contributed by atoms with Crippen molar-refractivity contribution in [3.63, 3.8) is 0 Å². The topological polar surface area (TPSA) is 24.5 Å². The van der Waals surface area contributed by atoms with Gasteiger partial charge in [0.05, 0.1) is 12.3 Å². The van der Waals surface area contributed by atoms with Crippen LogP contribution < -0.4 is 15.0 Å². The number of ether oxygens (including phenoxy) is 1. The van der Waals surface area contributed by atoms with Crippen LogP contribution in [0.25, 0.3) is 0 Å².